The Morgan fingerprint density at radius 2 is 1.91 bits per heavy atom. The molecule has 0 saturated heterocycles. The molecule has 0 radical (unpaired) electrons. The summed E-state index contributed by atoms with van der Waals surface area (Å²) in [4.78, 5) is 13.9. The first-order chi connectivity index (χ1) is 10.7. The van der Waals surface area contributed by atoms with E-state index in [0.717, 1.165) is 5.56 Å². The average Bonchev–Trinajstić information content (AvgIpc) is 3.06. The summed E-state index contributed by atoms with van der Waals surface area (Å²) in [6.07, 6.45) is 4.80. The van der Waals surface area contributed by atoms with Crippen LogP contribution in [0, 0.1) is 0 Å². The van der Waals surface area contributed by atoms with Crippen molar-refractivity contribution in [2.45, 2.75) is 6.54 Å². The number of carbonyl (C=O) groups excluding carboxylic acids is 1. The Kier molecular flexibility index (Phi) is 4.05. The summed E-state index contributed by atoms with van der Waals surface area (Å²) >= 11 is 0. The van der Waals surface area contributed by atoms with Crippen molar-refractivity contribution in [1.82, 2.24) is 4.90 Å². The lowest BCUT2D eigenvalue weighted by atomic mass is 10.0. The summed E-state index contributed by atoms with van der Waals surface area (Å²) in [5.41, 5.74) is 1.14. The smallest absolute Gasteiger partial charge is 0.246 e. The van der Waals surface area contributed by atoms with E-state index in [9.17, 15) is 4.79 Å². The third-order valence-corrected chi connectivity index (χ3v) is 3.60. The molecule has 0 N–H and O–H groups in total. The highest BCUT2D eigenvalue weighted by Crippen LogP contribution is 2.19. The van der Waals surface area contributed by atoms with Gasteiger partial charge in [-0.05, 0) is 34.5 Å². The number of furan rings is 1. The Bertz CT molecular complexity index is 798. The number of likely N-dealkylation sites (N-methyl/N-ethyl adjacent to an activating group) is 1. The zero-order valence-corrected chi connectivity index (χ0v) is 12.4. The number of amides is 1. The van der Waals surface area contributed by atoms with Gasteiger partial charge in [-0.1, -0.05) is 42.5 Å². The topological polar surface area (TPSA) is 33.5 Å². The van der Waals surface area contributed by atoms with E-state index in [4.69, 9.17) is 4.42 Å². The number of nitrogens with zero attached hydrogens (tertiary/aromatic N) is 1. The maximum atomic E-state index is 12.2. The number of rotatable bonds is 4. The number of fused-ring (bicyclic) bond motifs is 1. The van der Waals surface area contributed by atoms with Gasteiger partial charge < -0.3 is 9.32 Å². The zero-order chi connectivity index (χ0) is 15.4. The van der Waals surface area contributed by atoms with E-state index in [1.165, 1.54) is 16.8 Å². The molecule has 1 heterocycles. The highest BCUT2D eigenvalue weighted by Gasteiger charge is 2.08. The van der Waals surface area contributed by atoms with Gasteiger partial charge in [0.2, 0.25) is 5.91 Å². The highest BCUT2D eigenvalue weighted by atomic mass is 16.3. The lowest BCUT2D eigenvalue weighted by Gasteiger charge is -2.16. The lowest BCUT2D eigenvalue weighted by molar-refractivity contribution is -0.125. The summed E-state index contributed by atoms with van der Waals surface area (Å²) in [6.45, 7) is 0.572. The fourth-order valence-electron chi connectivity index (χ4n) is 2.43. The Labute approximate surface area is 129 Å². The van der Waals surface area contributed by atoms with Crippen LogP contribution in [0.3, 0.4) is 0 Å². The molecule has 0 atom stereocenters. The van der Waals surface area contributed by atoms with Crippen LogP contribution in [0.2, 0.25) is 0 Å². The fraction of sp³-hybridized carbons (Fsp3) is 0.105. The normalized spacial score (nSPS) is 11.1. The summed E-state index contributed by atoms with van der Waals surface area (Å²) in [5.74, 6) is 0.622. The van der Waals surface area contributed by atoms with E-state index < -0.39 is 0 Å². The summed E-state index contributed by atoms with van der Waals surface area (Å²) in [6, 6.07) is 18.0. The van der Waals surface area contributed by atoms with Gasteiger partial charge in [0.15, 0.2) is 0 Å². The van der Waals surface area contributed by atoms with Crippen molar-refractivity contribution in [3.63, 3.8) is 0 Å². The molecule has 22 heavy (non-hydrogen) atoms. The molecule has 110 valence electrons. The molecule has 3 nitrogen and oxygen atoms in total. The fourth-order valence-corrected chi connectivity index (χ4v) is 2.43. The first kappa shape index (κ1) is 14.1. The van der Waals surface area contributed by atoms with Crippen LogP contribution in [0.4, 0.5) is 0 Å². The van der Waals surface area contributed by atoms with Gasteiger partial charge in [0.25, 0.3) is 0 Å². The second-order valence-corrected chi connectivity index (χ2v) is 5.18. The number of benzene rings is 2. The number of hydrogen-bond acceptors (Lipinski definition) is 2. The molecular formula is C19H17NO2. The first-order valence-electron chi connectivity index (χ1n) is 7.17. The van der Waals surface area contributed by atoms with Crippen molar-refractivity contribution in [1.29, 1.82) is 0 Å². The largest absolute Gasteiger partial charge is 0.465 e. The minimum atomic E-state index is -0.0515. The van der Waals surface area contributed by atoms with Crippen LogP contribution in [0.1, 0.15) is 11.3 Å². The van der Waals surface area contributed by atoms with E-state index in [-0.39, 0.29) is 5.91 Å². The number of hydrogen-bond donors (Lipinski definition) is 0. The molecule has 0 unspecified atom stereocenters. The summed E-state index contributed by atoms with van der Waals surface area (Å²) in [7, 11) is 1.80. The van der Waals surface area contributed by atoms with Gasteiger partial charge in [-0.3, -0.25) is 4.79 Å². The van der Waals surface area contributed by atoms with Crippen LogP contribution in [-0.2, 0) is 11.3 Å². The van der Waals surface area contributed by atoms with Gasteiger partial charge in [-0.15, -0.1) is 0 Å². The van der Waals surface area contributed by atoms with Crippen molar-refractivity contribution in [2.75, 3.05) is 7.05 Å². The van der Waals surface area contributed by atoms with Gasteiger partial charge in [0.05, 0.1) is 6.26 Å². The Balaban J connectivity index is 1.75. The van der Waals surface area contributed by atoms with Crippen molar-refractivity contribution in [3.05, 3.63) is 78.3 Å². The van der Waals surface area contributed by atoms with Gasteiger partial charge >= 0.3 is 0 Å². The van der Waals surface area contributed by atoms with E-state index in [2.05, 4.69) is 24.3 Å². The average molecular weight is 291 g/mol. The lowest BCUT2D eigenvalue weighted by Crippen LogP contribution is -2.24. The molecule has 0 aliphatic rings. The molecule has 2 aromatic carbocycles. The molecule has 3 rings (SSSR count). The minimum Gasteiger partial charge on any atom is -0.465 e. The summed E-state index contributed by atoms with van der Waals surface area (Å²) in [5, 5.41) is 2.37. The maximum absolute atomic E-state index is 12.2. The van der Waals surface area contributed by atoms with Crippen molar-refractivity contribution in [3.8, 4) is 0 Å². The van der Waals surface area contributed by atoms with Crippen molar-refractivity contribution in [2.24, 2.45) is 0 Å². The molecule has 3 aromatic rings. The Morgan fingerprint density at radius 1 is 1.09 bits per heavy atom. The minimum absolute atomic E-state index is 0.0515. The van der Waals surface area contributed by atoms with Gasteiger partial charge in [-0.2, -0.15) is 0 Å². The second kappa shape index (κ2) is 6.31. The molecule has 0 bridgehead atoms. The quantitative estimate of drug-likeness (QED) is 0.678. The van der Waals surface area contributed by atoms with Crippen LogP contribution in [0.5, 0.6) is 0 Å². The van der Waals surface area contributed by atoms with Gasteiger partial charge in [0, 0.05) is 19.7 Å². The van der Waals surface area contributed by atoms with Crippen LogP contribution in [0.15, 0.2) is 71.4 Å². The zero-order valence-electron chi connectivity index (χ0n) is 12.4. The predicted octanol–water partition coefficient (Wildman–Crippen LogP) is 4.10. The molecule has 1 aromatic heterocycles. The van der Waals surface area contributed by atoms with Gasteiger partial charge in [0.1, 0.15) is 5.76 Å². The van der Waals surface area contributed by atoms with Crippen LogP contribution < -0.4 is 0 Å². The first-order valence-corrected chi connectivity index (χ1v) is 7.17. The highest BCUT2D eigenvalue weighted by molar-refractivity contribution is 5.92. The molecule has 0 aliphatic carbocycles. The third-order valence-electron chi connectivity index (χ3n) is 3.60. The summed E-state index contributed by atoms with van der Waals surface area (Å²) < 4.78 is 5.18. The molecular weight excluding hydrogens is 274 g/mol. The predicted molar refractivity (Wildman–Crippen MR) is 88.2 cm³/mol. The van der Waals surface area contributed by atoms with Crippen molar-refractivity contribution >= 4 is 22.8 Å². The van der Waals surface area contributed by atoms with Crippen LogP contribution >= 0.6 is 0 Å². The Morgan fingerprint density at radius 3 is 2.73 bits per heavy atom. The molecule has 0 spiro atoms. The van der Waals surface area contributed by atoms with E-state index in [0.29, 0.717) is 12.3 Å². The van der Waals surface area contributed by atoms with E-state index >= 15 is 0 Å². The van der Waals surface area contributed by atoms with Gasteiger partial charge in [-0.25, -0.2) is 0 Å². The van der Waals surface area contributed by atoms with E-state index in [1.54, 1.807) is 30.4 Å². The molecule has 3 heteroatoms. The molecule has 0 saturated carbocycles. The molecule has 0 fully saturated rings. The maximum Gasteiger partial charge on any atom is 0.246 e. The van der Waals surface area contributed by atoms with Crippen LogP contribution in [-0.4, -0.2) is 17.9 Å². The molecule has 1 amide bonds. The standard InChI is InChI=1S/C19H17NO2/c1-20(19(21)12-11-17-9-5-13-22-17)14-16-8-4-7-15-6-2-3-10-18(15)16/h2-13H,14H2,1H3/b12-11+. The number of carbonyl (C=O) groups is 1. The Hall–Kier alpha value is -2.81. The third kappa shape index (κ3) is 3.09. The van der Waals surface area contributed by atoms with Crippen LogP contribution in [0.25, 0.3) is 16.8 Å². The second-order valence-electron chi connectivity index (χ2n) is 5.18. The van der Waals surface area contributed by atoms with Crippen molar-refractivity contribution < 1.29 is 9.21 Å². The monoisotopic (exact) mass is 291 g/mol. The SMILES string of the molecule is CN(Cc1cccc2ccccc12)C(=O)/C=C/c1ccco1. The van der Waals surface area contributed by atoms with E-state index in [1.807, 2.05) is 24.3 Å². The molecule has 0 aliphatic heterocycles.